The van der Waals surface area contributed by atoms with Crippen molar-refractivity contribution in [2.45, 2.75) is 59.3 Å². The van der Waals surface area contributed by atoms with Crippen LogP contribution in [0.5, 0.6) is 0 Å². The highest BCUT2D eigenvalue weighted by Gasteiger charge is 2.31. The van der Waals surface area contributed by atoms with Crippen molar-refractivity contribution in [2.75, 3.05) is 0 Å². The second kappa shape index (κ2) is 10.6. The maximum absolute atomic E-state index is 15.0. The molecule has 2 aromatic rings. The standard InChI is InChI=1S/C30H32F4/c1-7-17(2)8-11-19(4)20(5)12-9-18(3)10-13-22-15-24-16-23-14-21(6)27(31)29(33)25(23)26(24)30(34)28(22)32/h8,11,14-15,18H,2,4-5,7,9-10,12-13,16H2,1,3,6H3/b11-8-. The van der Waals surface area contributed by atoms with Gasteiger partial charge in [-0.25, -0.2) is 17.6 Å². The van der Waals surface area contributed by atoms with Crippen LogP contribution in [0.15, 0.2) is 60.7 Å². The van der Waals surface area contributed by atoms with E-state index in [9.17, 15) is 17.6 Å². The van der Waals surface area contributed by atoms with Crippen molar-refractivity contribution in [3.8, 4) is 11.1 Å². The first kappa shape index (κ1) is 25.7. The van der Waals surface area contributed by atoms with Crippen LogP contribution in [0.25, 0.3) is 11.1 Å². The summed E-state index contributed by atoms with van der Waals surface area (Å²) < 4.78 is 58.5. The number of aryl methyl sites for hydroxylation is 2. The molecule has 0 amide bonds. The van der Waals surface area contributed by atoms with Crippen LogP contribution in [0, 0.1) is 36.1 Å². The van der Waals surface area contributed by atoms with E-state index in [1.54, 1.807) is 6.07 Å². The van der Waals surface area contributed by atoms with E-state index in [2.05, 4.69) is 26.7 Å². The summed E-state index contributed by atoms with van der Waals surface area (Å²) in [5, 5.41) is 0. The molecule has 0 heterocycles. The summed E-state index contributed by atoms with van der Waals surface area (Å²) in [6, 6.07) is 3.13. The number of fused-ring (bicyclic) bond motifs is 3. The lowest BCUT2D eigenvalue weighted by atomic mass is 9.92. The number of benzene rings is 2. The van der Waals surface area contributed by atoms with Gasteiger partial charge in [-0.2, -0.15) is 0 Å². The first-order valence-electron chi connectivity index (χ1n) is 11.8. The SMILES string of the molecule is C=C(/C=C\C(=C)C(=C)CCC(C)CCc1cc2c(c(F)c1F)-c1c(cc(C)c(F)c1F)C2)CC. The molecule has 1 aliphatic rings. The average Bonchev–Trinajstić information content (AvgIpc) is 3.18. The summed E-state index contributed by atoms with van der Waals surface area (Å²) in [5.41, 5.74) is 3.98. The van der Waals surface area contributed by atoms with Crippen LogP contribution >= 0.6 is 0 Å². The molecule has 34 heavy (non-hydrogen) atoms. The lowest BCUT2D eigenvalue weighted by Crippen LogP contribution is -2.04. The molecule has 0 aromatic heterocycles. The molecule has 1 aliphatic carbocycles. The van der Waals surface area contributed by atoms with Crippen LogP contribution in [0.2, 0.25) is 0 Å². The van der Waals surface area contributed by atoms with E-state index < -0.39 is 23.3 Å². The fourth-order valence-corrected chi connectivity index (χ4v) is 4.35. The quantitative estimate of drug-likeness (QED) is 0.206. The molecule has 0 spiro atoms. The van der Waals surface area contributed by atoms with E-state index in [0.717, 1.165) is 36.0 Å². The number of hydrogen-bond acceptors (Lipinski definition) is 0. The fourth-order valence-electron chi connectivity index (χ4n) is 4.35. The van der Waals surface area contributed by atoms with Crippen molar-refractivity contribution in [3.05, 3.63) is 106 Å². The summed E-state index contributed by atoms with van der Waals surface area (Å²) in [6.07, 6.45) is 7.68. The largest absolute Gasteiger partial charge is 0.203 e. The van der Waals surface area contributed by atoms with Crippen LogP contribution < -0.4 is 0 Å². The molecular formula is C30H32F4. The Kier molecular flexibility index (Phi) is 8.01. The number of rotatable bonds is 10. The molecule has 0 aliphatic heterocycles. The summed E-state index contributed by atoms with van der Waals surface area (Å²) in [7, 11) is 0. The molecule has 4 heteroatoms. The van der Waals surface area contributed by atoms with Crippen molar-refractivity contribution >= 4 is 0 Å². The van der Waals surface area contributed by atoms with Crippen molar-refractivity contribution in [1.29, 1.82) is 0 Å². The third-order valence-corrected chi connectivity index (χ3v) is 6.74. The maximum Gasteiger partial charge on any atom is 0.167 e. The summed E-state index contributed by atoms with van der Waals surface area (Å²) >= 11 is 0. The van der Waals surface area contributed by atoms with E-state index in [-0.39, 0.29) is 34.6 Å². The number of hydrogen-bond donors (Lipinski definition) is 0. The lowest BCUT2D eigenvalue weighted by Gasteiger charge is -2.15. The summed E-state index contributed by atoms with van der Waals surface area (Å²) in [5.74, 6) is -3.92. The van der Waals surface area contributed by atoms with Crippen molar-refractivity contribution in [2.24, 2.45) is 5.92 Å². The van der Waals surface area contributed by atoms with Crippen LogP contribution in [-0.4, -0.2) is 0 Å². The van der Waals surface area contributed by atoms with E-state index >= 15 is 0 Å². The molecule has 0 fully saturated rings. The van der Waals surface area contributed by atoms with Gasteiger partial charge in [0.05, 0.1) is 0 Å². The molecule has 1 unspecified atom stereocenters. The van der Waals surface area contributed by atoms with E-state index in [1.807, 2.05) is 19.1 Å². The Morgan fingerprint density at radius 3 is 2.18 bits per heavy atom. The minimum atomic E-state index is -1.11. The zero-order chi connectivity index (χ0) is 25.2. The molecule has 0 N–H and O–H groups in total. The van der Waals surface area contributed by atoms with Crippen molar-refractivity contribution in [3.63, 3.8) is 0 Å². The Morgan fingerprint density at radius 2 is 1.53 bits per heavy atom. The summed E-state index contributed by atoms with van der Waals surface area (Å²) in [6.45, 7) is 17.7. The van der Waals surface area contributed by atoms with Crippen molar-refractivity contribution in [1.82, 2.24) is 0 Å². The van der Waals surface area contributed by atoms with E-state index in [1.165, 1.54) is 13.0 Å². The van der Waals surface area contributed by atoms with Crippen molar-refractivity contribution < 1.29 is 17.6 Å². The highest BCUT2D eigenvalue weighted by molar-refractivity contribution is 5.78. The second-order valence-electron chi connectivity index (χ2n) is 9.39. The normalized spacial score (nSPS) is 13.1. The summed E-state index contributed by atoms with van der Waals surface area (Å²) in [4.78, 5) is 0. The first-order chi connectivity index (χ1) is 16.0. The molecular weight excluding hydrogens is 436 g/mol. The van der Waals surface area contributed by atoms with E-state index in [0.29, 0.717) is 24.0 Å². The highest BCUT2D eigenvalue weighted by atomic mass is 19.2. The zero-order valence-electron chi connectivity index (χ0n) is 20.3. The number of halogens is 4. The van der Waals surface area contributed by atoms with Gasteiger partial charge in [0.2, 0.25) is 0 Å². The Balaban J connectivity index is 1.66. The predicted molar refractivity (Wildman–Crippen MR) is 133 cm³/mol. The highest BCUT2D eigenvalue weighted by Crippen LogP contribution is 2.43. The van der Waals surface area contributed by atoms with Gasteiger partial charge in [-0.15, -0.1) is 0 Å². The van der Waals surface area contributed by atoms with Gasteiger partial charge in [0.25, 0.3) is 0 Å². The molecule has 0 saturated carbocycles. The van der Waals surface area contributed by atoms with Crippen LogP contribution in [-0.2, 0) is 12.8 Å². The second-order valence-corrected chi connectivity index (χ2v) is 9.39. The smallest absolute Gasteiger partial charge is 0.167 e. The molecule has 180 valence electrons. The Labute approximate surface area is 200 Å². The topological polar surface area (TPSA) is 0 Å². The zero-order valence-corrected chi connectivity index (χ0v) is 20.3. The van der Waals surface area contributed by atoms with Gasteiger partial charge in [0.15, 0.2) is 23.3 Å². The average molecular weight is 469 g/mol. The molecule has 0 radical (unpaired) electrons. The van der Waals surface area contributed by atoms with Gasteiger partial charge in [0, 0.05) is 11.1 Å². The van der Waals surface area contributed by atoms with Gasteiger partial charge in [0.1, 0.15) is 0 Å². The van der Waals surface area contributed by atoms with Gasteiger partial charge in [-0.3, -0.25) is 0 Å². The third kappa shape index (κ3) is 5.27. The van der Waals surface area contributed by atoms with Gasteiger partial charge < -0.3 is 0 Å². The van der Waals surface area contributed by atoms with Crippen LogP contribution in [0.4, 0.5) is 17.6 Å². The molecule has 2 aromatic carbocycles. The molecule has 1 atom stereocenters. The number of allylic oxidation sites excluding steroid dienone is 5. The Hall–Kier alpha value is -2.88. The van der Waals surface area contributed by atoms with Crippen LogP contribution in [0.1, 0.15) is 61.8 Å². The molecule has 3 rings (SSSR count). The predicted octanol–water partition coefficient (Wildman–Crippen LogP) is 9.11. The maximum atomic E-state index is 15.0. The fraction of sp³-hybridized carbons (Fsp3) is 0.333. The first-order valence-corrected chi connectivity index (χ1v) is 11.8. The van der Waals surface area contributed by atoms with E-state index in [4.69, 9.17) is 0 Å². The molecule has 0 bridgehead atoms. The van der Waals surface area contributed by atoms with Crippen LogP contribution in [0.3, 0.4) is 0 Å². The minimum Gasteiger partial charge on any atom is -0.203 e. The lowest BCUT2D eigenvalue weighted by molar-refractivity contribution is 0.468. The minimum absolute atomic E-state index is 0.144. The van der Waals surface area contributed by atoms with Gasteiger partial charge >= 0.3 is 0 Å². The Bertz CT molecular complexity index is 1180. The van der Waals surface area contributed by atoms with Gasteiger partial charge in [-0.1, -0.05) is 63.4 Å². The van der Waals surface area contributed by atoms with Gasteiger partial charge in [-0.05, 0) is 84.8 Å². The monoisotopic (exact) mass is 468 g/mol. The molecule has 0 nitrogen and oxygen atoms in total. The molecule has 0 saturated heterocycles. The third-order valence-electron chi connectivity index (χ3n) is 6.74. The Morgan fingerprint density at radius 1 is 0.912 bits per heavy atom.